The third-order valence-electron chi connectivity index (χ3n) is 5.72. The lowest BCUT2D eigenvalue weighted by atomic mass is 9.99. The molecule has 1 heterocycles. The molecule has 0 spiro atoms. The highest BCUT2D eigenvalue weighted by molar-refractivity contribution is 6.46. The quantitative estimate of drug-likeness (QED) is 0.577. The molecule has 3 aromatic carbocycles. The van der Waals surface area contributed by atoms with Crippen molar-refractivity contribution in [2.45, 2.75) is 27.7 Å². The molecule has 0 atom stereocenters. The van der Waals surface area contributed by atoms with Crippen molar-refractivity contribution in [2.75, 3.05) is 10.2 Å². The minimum atomic E-state index is -0.513. The first-order valence-corrected chi connectivity index (χ1v) is 10.1. The average Bonchev–Trinajstić information content (AvgIpc) is 2.96. The van der Waals surface area contributed by atoms with E-state index in [9.17, 15) is 14.0 Å². The van der Waals surface area contributed by atoms with E-state index in [0.717, 1.165) is 27.2 Å². The summed E-state index contributed by atoms with van der Waals surface area (Å²) in [5, 5.41) is 3.16. The number of nitrogens with one attached hydrogen (secondary N) is 1. The third kappa shape index (κ3) is 3.75. The number of halogens is 1. The van der Waals surface area contributed by atoms with Crippen LogP contribution in [0.5, 0.6) is 0 Å². The summed E-state index contributed by atoms with van der Waals surface area (Å²) in [5.74, 6) is -1.51. The first-order valence-electron chi connectivity index (χ1n) is 10.1. The van der Waals surface area contributed by atoms with E-state index in [-0.39, 0.29) is 17.0 Å². The highest BCUT2D eigenvalue weighted by atomic mass is 19.1. The molecule has 0 aromatic heterocycles. The molecular formula is C26H23FN2O2. The topological polar surface area (TPSA) is 49.4 Å². The molecule has 1 N–H and O–H groups in total. The fourth-order valence-corrected chi connectivity index (χ4v) is 3.62. The second kappa shape index (κ2) is 7.84. The van der Waals surface area contributed by atoms with Crippen molar-refractivity contribution in [3.05, 3.63) is 100.0 Å². The van der Waals surface area contributed by atoms with Gasteiger partial charge in [-0.15, -0.1) is 0 Å². The third-order valence-corrected chi connectivity index (χ3v) is 5.72. The number of hydrogen-bond acceptors (Lipinski definition) is 3. The summed E-state index contributed by atoms with van der Waals surface area (Å²) in [6, 6.07) is 16.9. The van der Waals surface area contributed by atoms with Crippen molar-refractivity contribution in [3.63, 3.8) is 0 Å². The van der Waals surface area contributed by atoms with Gasteiger partial charge in [-0.3, -0.25) is 9.59 Å². The molecule has 0 aliphatic carbocycles. The van der Waals surface area contributed by atoms with Crippen LogP contribution in [0.25, 0.3) is 5.57 Å². The molecule has 0 unspecified atom stereocenters. The van der Waals surface area contributed by atoms with Crippen LogP contribution < -0.4 is 10.2 Å². The van der Waals surface area contributed by atoms with Crippen LogP contribution in [0.1, 0.15) is 27.8 Å². The Labute approximate surface area is 181 Å². The van der Waals surface area contributed by atoms with Crippen LogP contribution in [-0.4, -0.2) is 11.8 Å². The smallest absolute Gasteiger partial charge is 0.282 e. The molecule has 156 valence electrons. The highest BCUT2D eigenvalue weighted by Crippen LogP contribution is 2.34. The van der Waals surface area contributed by atoms with Gasteiger partial charge in [0.2, 0.25) is 0 Å². The minimum absolute atomic E-state index is 0.181. The number of hydrogen-bond donors (Lipinski definition) is 1. The molecule has 0 fully saturated rings. The number of anilines is 2. The lowest BCUT2D eigenvalue weighted by molar-refractivity contribution is -0.120. The molecule has 1 aliphatic heterocycles. The van der Waals surface area contributed by atoms with Gasteiger partial charge in [-0.2, -0.15) is 0 Å². The van der Waals surface area contributed by atoms with Gasteiger partial charge in [0.05, 0.1) is 11.3 Å². The molecule has 0 saturated heterocycles. The van der Waals surface area contributed by atoms with Crippen LogP contribution >= 0.6 is 0 Å². The number of nitrogens with zero attached hydrogens (tertiary/aromatic N) is 1. The van der Waals surface area contributed by atoms with Crippen LogP contribution in [0.15, 0.2) is 66.4 Å². The summed E-state index contributed by atoms with van der Waals surface area (Å²) in [5.41, 5.74) is 6.31. The van der Waals surface area contributed by atoms with E-state index in [1.165, 1.54) is 18.2 Å². The summed E-state index contributed by atoms with van der Waals surface area (Å²) >= 11 is 0. The van der Waals surface area contributed by atoms with Gasteiger partial charge in [-0.05, 0) is 85.8 Å². The summed E-state index contributed by atoms with van der Waals surface area (Å²) in [7, 11) is 0. The Balaban J connectivity index is 1.85. The second-order valence-electron chi connectivity index (χ2n) is 7.90. The molecule has 4 nitrogen and oxygen atoms in total. The molecule has 1 aliphatic rings. The standard InChI is InChI=1S/C26H23FN2O2/c1-15-8-10-19(12-17(15)3)23-24(28-21-11-9-16(2)18(4)13-21)26(31)29(25(23)30)22-7-5-6-20(27)14-22/h5-14,28H,1-4H3. The van der Waals surface area contributed by atoms with Gasteiger partial charge in [0.25, 0.3) is 11.8 Å². The van der Waals surface area contributed by atoms with E-state index in [1.54, 1.807) is 6.07 Å². The minimum Gasteiger partial charge on any atom is -0.350 e. The first kappa shape index (κ1) is 20.5. The number of carbonyl (C=O) groups excluding carboxylic acids is 2. The zero-order valence-electron chi connectivity index (χ0n) is 17.9. The van der Waals surface area contributed by atoms with E-state index >= 15 is 0 Å². The van der Waals surface area contributed by atoms with Crippen LogP contribution in [0.2, 0.25) is 0 Å². The molecule has 4 rings (SSSR count). The van der Waals surface area contributed by atoms with Crippen LogP contribution in [0, 0.1) is 33.5 Å². The Morgan fingerprint density at radius 3 is 2.06 bits per heavy atom. The highest BCUT2D eigenvalue weighted by Gasteiger charge is 2.40. The summed E-state index contributed by atoms with van der Waals surface area (Å²) in [6.07, 6.45) is 0. The molecule has 0 bridgehead atoms. The van der Waals surface area contributed by atoms with Gasteiger partial charge < -0.3 is 5.32 Å². The number of imide groups is 1. The Bertz CT molecular complexity index is 1260. The van der Waals surface area contributed by atoms with E-state index < -0.39 is 17.6 Å². The summed E-state index contributed by atoms with van der Waals surface area (Å²) < 4.78 is 13.8. The fraction of sp³-hybridized carbons (Fsp3) is 0.154. The van der Waals surface area contributed by atoms with Crippen molar-refractivity contribution in [3.8, 4) is 0 Å². The maximum Gasteiger partial charge on any atom is 0.282 e. The largest absolute Gasteiger partial charge is 0.350 e. The maximum absolute atomic E-state index is 13.8. The molecule has 5 heteroatoms. The zero-order valence-corrected chi connectivity index (χ0v) is 17.9. The van der Waals surface area contributed by atoms with E-state index in [4.69, 9.17) is 0 Å². The summed E-state index contributed by atoms with van der Waals surface area (Å²) in [6.45, 7) is 7.94. The number of rotatable bonds is 4. The van der Waals surface area contributed by atoms with Gasteiger partial charge in [-0.25, -0.2) is 9.29 Å². The Kier molecular flexibility index (Phi) is 5.19. The SMILES string of the molecule is Cc1ccc(NC2=C(c3ccc(C)c(C)c3)C(=O)N(c3cccc(F)c3)C2=O)cc1C. The number of benzene rings is 3. The Morgan fingerprint density at radius 1 is 0.742 bits per heavy atom. The molecule has 31 heavy (non-hydrogen) atoms. The second-order valence-corrected chi connectivity index (χ2v) is 7.90. The van der Waals surface area contributed by atoms with Crippen LogP contribution in [0.3, 0.4) is 0 Å². The molecular weight excluding hydrogens is 391 g/mol. The van der Waals surface area contributed by atoms with Gasteiger partial charge in [-0.1, -0.05) is 30.3 Å². The van der Waals surface area contributed by atoms with Crippen LogP contribution in [0.4, 0.5) is 15.8 Å². The van der Waals surface area contributed by atoms with E-state index in [2.05, 4.69) is 5.32 Å². The molecule has 0 saturated carbocycles. The number of amides is 2. The van der Waals surface area contributed by atoms with Crippen molar-refractivity contribution in [1.29, 1.82) is 0 Å². The van der Waals surface area contributed by atoms with E-state index in [0.29, 0.717) is 11.3 Å². The lowest BCUT2D eigenvalue weighted by Crippen LogP contribution is -2.32. The first-order chi connectivity index (χ1) is 14.8. The lowest BCUT2D eigenvalue weighted by Gasteiger charge is -2.15. The van der Waals surface area contributed by atoms with Crippen molar-refractivity contribution < 1.29 is 14.0 Å². The monoisotopic (exact) mass is 414 g/mol. The maximum atomic E-state index is 13.8. The predicted octanol–water partition coefficient (Wildman–Crippen LogP) is 5.46. The van der Waals surface area contributed by atoms with Crippen LogP contribution in [-0.2, 0) is 9.59 Å². The van der Waals surface area contributed by atoms with E-state index in [1.807, 2.05) is 64.1 Å². The summed E-state index contributed by atoms with van der Waals surface area (Å²) in [4.78, 5) is 27.8. The normalized spacial score (nSPS) is 13.9. The molecule has 0 radical (unpaired) electrons. The number of aryl methyl sites for hydroxylation is 4. The van der Waals surface area contributed by atoms with Gasteiger partial charge >= 0.3 is 0 Å². The van der Waals surface area contributed by atoms with Crippen molar-refractivity contribution in [1.82, 2.24) is 0 Å². The van der Waals surface area contributed by atoms with Gasteiger partial charge in [0.15, 0.2) is 0 Å². The average molecular weight is 414 g/mol. The van der Waals surface area contributed by atoms with Crippen molar-refractivity contribution in [2.24, 2.45) is 0 Å². The predicted molar refractivity (Wildman–Crippen MR) is 121 cm³/mol. The Hall–Kier alpha value is -3.73. The Morgan fingerprint density at radius 2 is 1.42 bits per heavy atom. The molecule has 2 amide bonds. The number of carbonyl (C=O) groups is 2. The fourth-order valence-electron chi connectivity index (χ4n) is 3.62. The van der Waals surface area contributed by atoms with Gasteiger partial charge in [0.1, 0.15) is 11.5 Å². The van der Waals surface area contributed by atoms with Crippen molar-refractivity contribution >= 4 is 28.8 Å². The zero-order chi connectivity index (χ0) is 22.3. The van der Waals surface area contributed by atoms with Gasteiger partial charge in [0, 0.05) is 5.69 Å². The molecule has 3 aromatic rings.